The average Bonchev–Trinajstić information content (AvgIpc) is 3.07. The van der Waals surface area contributed by atoms with E-state index in [-0.39, 0.29) is 17.2 Å². The first kappa shape index (κ1) is 16.6. The van der Waals surface area contributed by atoms with E-state index in [4.69, 9.17) is 4.74 Å². The van der Waals surface area contributed by atoms with Crippen molar-refractivity contribution in [2.45, 2.75) is 12.3 Å². The summed E-state index contributed by atoms with van der Waals surface area (Å²) in [7, 11) is 0. The van der Waals surface area contributed by atoms with Gasteiger partial charge >= 0.3 is 6.03 Å². The molecule has 0 saturated carbocycles. The molecular weight excluding hydrogens is 327 g/mol. The molecular formula is C18H19FN2O2S. The van der Waals surface area contributed by atoms with Crippen LogP contribution in [0.5, 0.6) is 5.75 Å². The molecule has 6 heteroatoms. The molecule has 1 saturated heterocycles. The lowest BCUT2D eigenvalue weighted by atomic mass is 10.2. The lowest BCUT2D eigenvalue weighted by molar-refractivity contribution is 0.214. The van der Waals surface area contributed by atoms with E-state index in [0.717, 1.165) is 11.3 Å². The highest BCUT2D eigenvalue weighted by atomic mass is 32.2. The molecule has 0 radical (unpaired) electrons. The molecule has 0 aromatic heterocycles. The third-order valence-corrected chi connectivity index (χ3v) is 5.00. The number of anilines is 1. The fourth-order valence-electron chi connectivity index (χ4n) is 2.62. The molecule has 0 spiro atoms. The summed E-state index contributed by atoms with van der Waals surface area (Å²) in [5.41, 5.74) is 1.58. The SMILES string of the molecule is CCOc1ccccc1NC(=O)N1CCS[C@H]1c1ccc(F)cc1. The van der Waals surface area contributed by atoms with Crippen molar-refractivity contribution >= 4 is 23.5 Å². The molecule has 0 aliphatic carbocycles. The molecule has 126 valence electrons. The van der Waals surface area contributed by atoms with E-state index in [9.17, 15) is 9.18 Å². The fourth-order valence-corrected chi connectivity index (χ4v) is 3.88. The summed E-state index contributed by atoms with van der Waals surface area (Å²) in [6.45, 7) is 3.08. The van der Waals surface area contributed by atoms with Crippen LogP contribution in [0.3, 0.4) is 0 Å². The molecule has 0 unspecified atom stereocenters. The van der Waals surface area contributed by atoms with Crippen LogP contribution in [0.1, 0.15) is 17.9 Å². The highest BCUT2D eigenvalue weighted by Gasteiger charge is 2.31. The van der Waals surface area contributed by atoms with E-state index in [0.29, 0.717) is 24.6 Å². The molecule has 4 nitrogen and oxygen atoms in total. The molecule has 2 aromatic carbocycles. The van der Waals surface area contributed by atoms with Crippen molar-refractivity contribution in [3.63, 3.8) is 0 Å². The Kier molecular flexibility index (Phi) is 5.25. The Morgan fingerprint density at radius 1 is 1.29 bits per heavy atom. The summed E-state index contributed by atoms with van der Waals surface area (Å²) >= 11 is 1.67. The number of para-hydroxylation sites is 2. The van der Waals surface area contributed by atoms with Crippen LogP contribution in [0.25, 0.3) is 0 Å². The van der Waals surface area contributed by atoms with Crippen LogP contribution < -0.4 is 10.1 Å². The summed E-state index contributed by atoms with van der Waals surface area (Å²) in [6, 6.07) is 13.5. The number of rotatable bonds is 4. The van der Waals surface area contributed by atoms with Gasteiger partial charge in [-0.1, -0.05) is 24.3 Å². The Morgan fingerprint density at radius 2 is 2.04 bits per heavy atom. The average molecular weight is 346 g/mol. The molecule has 3 rings (SSSR count). The third kappa shape index (κ3) is 3.64. The number of nitrogens with one attached hydrogen (secondary N) is 1. The van der Waals surface area contributed by atoms with Crippen LogP contribution in [0.2, 0.25) is 0 Å². The summed E-state index contributed by atoms with van der Waals surface area (Å²) in [4.78, 5) is 14.5. The zero-order valence-corrected chi connectivity index (χ0v) is 14.2. The first-order valence-electron chi connectivity index (χ1n) is 7.85. The van der Waals surface area contributed by atoms with E-state index in [1.165, 1.54) is 12.1 Å². The lowest BCUT2D eigenvalue weighted by Gasteiger charge is -2.25. The largest absolute Gasteiger partial charge is 0.492 e. The monoisotopic (exact) mass is 346 g/mol. The second kappa shape index (κ2) is 7.57. The number of carbonyl (C=O) groups excluding carboxylic acids is 1. The highest BCUT2D eigenvalue weighted by Crippen LogP contribution is 2.38. The van der Waals surface area contributed by atoms with Gasteiger partial charge in [0.2, 0.25) is 0 Å². The molecule has 2 amide bonds. The minimum atomic E-state index is -0.275. The normalized spacial score (nSPS) is 16.9. The number of amides is 2. The first-order valence-corrected chi connectivity index (χ1v) is 8.90. The first-order chi connectivity index (χ1) is 11.7. The zero-order valence-electron chi connectivity index (χ0n) is 13.4. The van der Waals surface area contributed by atoms with Crippen LogP contribution in [0, 0.1) is 5.82 Å². The Balaban J connectivity index is 1.75. The maximum Gasteiger partial charge on any atom is 0.323 e. The highest BCUT2D eigenvalue weighted by molar-refractivity contribution is 7.99. The number of hydrogen-bond acceptors (Lipinski definition) is 3. The number of carbonyl (C=O) groups is 1. The quantitative estimate of drug-likeness (QED) is 0.886. The summed E-state index contributed by atoms with van der Waals surface area (Å²) < 4.78 is 18.7. The fraction of sp³-hybridized carbons (Fsp3) is 0.278. The van der Waals surface area contributed by atoms with E-state index in [1.807, 2.05) is 31.2 Å². The summed E-state index contributed by atoms with van der Waals surface area (Å²) in [6.07, 6.45) is 0. The number of nitrogens with zero attached hydrogens (tertiary/aromatic N) is 1. The van der Waals surface area contributed by atoms with E-state index in [2.05, 4.69) is 5.32 Å². The van der Waals surface area contributed by atoms with Gasteiger partial charge in [0.15, 0.2) is 0 Å². The number of thioether (sulfide) groups is 1. The van der Waals surface area contributed by atoms with Gasteiger partial charge in [-0.25, -0.2) is 9.18 Å². The second-order valence-electron chi connectivity index (χ2n) is 5.33. The molecule has 2 aromatic rings. The van der Waals surface area contributed by atoms with E-state index in [1.54, 1.807) is 28.8 Å². The smallest absolute Gasteiger partial charge is 0.323 e. The van der Waals surface area contributed by atoms with Gasteiger partial charge in [0.25, 0.3) is 0 Å². The van der Waals surface area contributed by atoms with Crippen LogP contribution in [0.4, 0.5) is 14.9 Å². The van der Waals surface area contributed by atoms with Crippen molar-refractivity contribution in [3.05, 3.63) is 59.9 Å². The van der Waals surface area contributed by atoms with E-state index < -0.39 is 0 Å². The number of halogens is 1. The molecule has 1 N–H and O–H groups in total. The lowest BCUT2D eigenvalue weighted by Crippen LogP contribution is -2.34. The molecule has 0 bridgehead atoms. The van der Waals surface area contributed by atoms with Gasteiger partial charge in [-0.3, -0.25) is 0 Å². The predicted octanol–water partition coefficient (Wildman–Crippen LogP) is 4.50. The molecule has 24 heavy (non-hydrogen) atoms. The van der Waals surface area contributed by atoms with Crippen molar-refractivity contribution in [2.75, 3.05) is 24.2 Å². The van der Waals surface area contributed by atoms with Crippen molar-refractivity contribution < 1.29 is 13.9 Å². The zero-order chi connectivity index (χ0) is 16.9. The number of ether oxygens (including phenoxy) is 1. The molecule has 1 fully saturated rings. The van der Waals surface area contributed by atoms with Crippen molar-refractivity contribution in [1.29, 1.82) is 0 Å². The van der Waals surface area contributed by atoms with Gasteiger partial charge < -0.3 is 15.0 Å². The van der Waals surface area contributed by atoms with E-state index >= 15 is 0 Å². The van der Waals surface area contributed by atoms with Gasteiger partial charge in [0.05, 0.1) is 12.3 Å². The number of hydrogen-bond donors (Lipinski definition) is 1. The van der Waals surface area contributed by atoms with Crippen LogP contribution >= 0.6 is 11.8 Å². The second-order valence-corrected chi connectivity index (χ2v) is 6.52. The van der Waals surface area contributed by atoms with Crippen molar-refractivity contribution in [3.8, 4) is 5.75 Å². The number of urea groups is 1. The Bertz CT molecular complexity index is 708. The predicted molar refractivity (Wildman–Crippen MR) is 94.9 cm³/mol. The maximum atomic E-state index is 13.1. The maximum absolute atomic E-state index is 13.1. The van der Waals surface area contributed by atoms with Gasteiger partial charge in [-0.05, 0) is 36.8 Å². The van der Waals surface area contributed by atoms with Crippen LogP contribution in [0.15, 0.2) is 48.5 Å². The third-order valence-electron chi connectivity index (χ3n) is 3.74. The topological polar surface area (TPSA) is 41.6 Å². The molecule has 1 aliphatic heterocycles. The Morgan fingerprint density at radius 3 is 2.79 bits per heavy atom. The Hall–Kier alpha value is -2.21. The minimum Gasteiger partial charge on any atom is -0.492 e. The van der Waals surface area contributed by atoms with Gasteiger partial charge in [0, 0.05) is 12.3 Å². The van der Waals surface area contributed by atoms with Crippen LogP contribution in [-0.2, 0) is 0 Å². The summed E-state index contributed by atoms with van der Waals surface area (Å²) in [5, 5.41) is 2.82. The molecule has 1 heterocycles. The Labute approximate surface area is 145 Å². The standard InChI is InChI=1S/C18H19FN2O2S/c1-2-23-16-6-4-3-5-15(16)20-18(22)21-11-12-24-17(21)13-7-9-14(19)10-8-13/h3-10,17H,2,11-12H2,1H3,(H,20,22)/t17-/m0/s1. The van der Waals surface area contributed by atoms with Gasteiger partial charge in [-0.2, -0.15) is 0 Å². The van der Waals surface area contributed by atoms with Gasteiger partial charge in [0.1, 0.15) is 16.9 Å². The molecule has 1 aliphatic rings. The number of benzene rings is 2. The van der Waals surface area contributed by atoms with Crippen molar-refractivity contribution in [1.82, 2.24) is 4.90 Å². The molecule has 1 atom stereocenters. The minimum absolute atomic E-state index is 0.107. The van der Waals surface area contributed by atoms with Crippen molar-refractivity contribution in [2.24, 2.45) is 0 Å². The van der Waals surface area contributed by atoms with Crippen LogP contribution in [-0.4, -0.2) is 29.8 Å². The van der Waals surface area contributed by atoms with Gasteiger partial charge in [-0.15, -0.1) is 11.8 Å². The summed E-state index contributed by atoms with van der Waals surface area (Å²) in [5.74, 6) is 1.23.